The van der Waals surface area contributed by atoms with Crippen LogP contribution in [0.2, 0.25) is 0 Å². The van der Waals surface area contributed by atoms with Crippen LogP contribution in [0.1, 0.15) is 32.1 Å². The molecule has 1 aromatic carbocycles. The number of aromatic amines is 1. The van der Waals surface area contributed by atoms with Crippen molar-refractivity contribution in [3.63, 3.8) is 0 Å². The van der Waals surface area contributed by atoms with E-state index in [4.69, 9.17) is 4.74 Å². The van der Waals surface area contributed by atoms with E-state index in [-0.39, 0.29) is 23.3 Å². The van der Waals surface area contributed by atoms with Crippen LogP contribution >= 0.6 is 0 Å². The number of carbonyl (C=O) groups excluding carboxylic acids is 2. The molecule has 2 aromatic rings. The molecule has 0 spiro atoms. The molecule has 1 aliphatic carbocycles. The lowest BCUT2D eigenvalue weighted by atomic mass is 9.75. The molecule has 1 saturated carbocycles. The van der Waals surface area contributed by atoms with E-state index in [9.17, 15) is 19.2 Å². The largest absolute Gasteiger partial charge is 0.454 e. The number of benzene rings is 1. The highest BCUT2D eigenvalue weighted by molar-refractivity contribution is 5.82. The first-order chi connectivity index (χ1) is 14.0. The molecule has 2 atom stereocenters. The van der Waals surface area contributed by atoms with E-state index < -0.39 is 23.6 Å². The molecule has 29 heavy (non-hydrogen) atoms. The minimum Gasteiger partial charge on any atom is -0.454 e. The summed E-state index contributed by atoms with van der Waals surface area (Å²) in [5, 5.41) is 2.88. The van der Waals surface area contributed by atoms with Crippen LogP contribution in [0.25, 0.3) is 10.8 Å². The van der Waals surface area contributed by atoms with E-state index in [0.29, 0.717) is 18.4 Å². The number of hydrogen-bond acceptors (Lipinski definition) is 5. The zero-order valence-electron chi connectivity index (χ0n) is 16.3. The Morgan fingerprint density at radius 1 is 1.03 bits per heavy atom. The van der Waals surface area contributed by atoms with Gasteiger partial charge >= 0.3 is 5.97 Å². The summed E-state index contributed by atoms with van der Waals surface area (Å²) in [6, 6.07) is 6.40. The van der Waals surface area contributed by atoms with Gasteiger partial charge in [0, 0.05) is 13.1 Å². The Labute approximate surface area is 167 Å². The SMILES string of the molecule is O=C(Cn1[nH]c(=O)c2ccccc2c1=O)OCC(=O)N1CC[C@H]2CCCC[C@H]2C1. The maximum absolute atomic E-state index is 12.4. The summed E-state index contributed by atoms with van der Waals surface area (Å²) in [6.45, 7) is 0.646. The first-order valence-electron chi connectivity index (χ1n) is 10.2. The van der Waals surface area contributed by atoms with Crippen LogP contribution in [0.4, 0.5) is 0 Å². The van der Waals surface area contributed by atoms with Crippen molar-refractivity contribution in [1.82, 2.24) is 14.7 Å². The van der Waals surface area contributed by atoms with Crippen LogP contribution < -0.4 is 11.1 Å². The second-order valence-electron chi connectivity index (χ2n) is 7.97. The average Bonchev–Trinajstić information content (AvgIpc) is 2.75. The number of piperidine rings is 1. The highest BCUT2D eigenvalue weighted by atomic mass is 16.5. The molecule has 8 heteroatoms. The number of likely N-dealkylation sites (tertiary alicyclic amines) is 1. The second kappa shape index (κ2) is 8.23. The lowest BCUT2D eigenvalue weighted by Crippen LogP contribution is -2.46. The van der Waals surface area contributed by atoms with Crippen molar-refractivity contribution in [2.75, 3.05) is 19.7 Å². The van der Waals surface area contributed by atoms with Gasteiger partial charge < -0.3 is 9.64 Å². The molecule has 1 amide bonds. The molecule has 2 aliphatic rings. The molecule has 1 aromatic heterocycles. The van der Waals surface area contributed by atoms with Crippen LogP contribution in [-0.2, 0) is 20.9 Å². The summed E-state index contributed by atoms with van der Waals surface area (Å²) < 4.78 is 6.01. The summed E-state index contributed by atoms with van der Waals surface area (Å²) in [4.78, 5) is 50.9. The van der Waals surface area contributed by atoms with Gasteiger partial charge in [-0.05, 0) is 36.8 Å². The predicted molar refractivity (Wildman–Crippen MR) is 106 cm³/mol. The van der Waals surface area contributed by atoms with Crippen LogP contribution in [0.3, 0.4) is 0 Å². The highest BCUT2D eigenvalue weighted by Gasteiger charge is 2.33. The number of aromatic nitrogens is 2. The maximum Gasteiger partial charge on any atom is 0.328 e. The molecule has 8 nitrogen and oxygen atoms in total. The molecule has 0 radical (unpaired) electrons. The van der Waals surface area contributed by atoms with Crippen molar-refractivity contribution < 1.29 is 14.3 Å². The Bertz CT molecular complexity index is 1040. The van der Waals surface area contributed by atoms with E-state index in [2.05, 4.69) is 5.10 Å². The Morgan fingerprint density at radius 2 is 1.76 bits per heavy atom. The number of hydrogen-bond donors (Lipinski definition) is 1. The molecule has 1 saturated heterocycles. The van der Waals surface area contributed by atoms with E-state index in [1.807, 2.05) is 0 Å². The van der Waals surface area contributed by atoms with Crippen molar-refractivity contribution in [2.24, 2.45) is 11.8 Å². The van der Waals surface area contributed by atoms with Crippen LogP contribution in [0, 0.1) is 11.8 Å². The Morgan fingerprint density at radius 3 is 2.55 bits per heavy atom. The van der Waals surface area contributed by atoms with Crippen molar-refractivity contribution >= 4 is 22.6 Å². The van der Waals surface area contributed by atoms with Gasteiger partial charge in [-0.25, -0.2) is 4.68 Å². The fourth-order valence-electron chi connectivity index (χ4n) is 4.59. The van der Waals surface area contributed by atoms with Crippen molar-refractivity contribution in [3.8, 4) is 0 Å². The molecule has 2 fully saturated rings. The first kappa shape index (κ1) is 19.4. The van der Waals surface area contributed by atoms with E-state index in [1.165, 1.54) is 25.3 Å². The summed E-state index contributed by atoms with van der Waals surface area (Å²) in [7, 11) is 0. The summed E-state index contributed by atoms with van der Waals surface area (Å²) in [5.41, 5.74) is -0.942. The second-order valence-corrected chi connectivity index (χ2v) is 7.97. The molecule has 1 N–H and O–H groups in total. The molecule has 154 valence electrons. The number of nitrogens with one attached hydrogen (secondary N) is 1. The normalized spacial score (nSPS) is 21.6. The topological polar surface area (TPSA) is 101 Å². The van der Waals surface area contributed by atoms with Gasteiger partial charge in [0.25, 0.3) is 17.0 Å². The van der Waals surface area contributed by atoms with Gasteiger partial charge in [0.05, 0.1) is 10.8 Å². The molecule has 2 heterocycles. The lowest BCUT2D eigenvalue weighted by molar-refractivity contribution is -0.154. The molecular weight excluding hydrogens is 374 g/mol. The van der Waals surface area contributed by atoms with Crippen molar-refractivity contribution in [1.29, 1.82) is 0 Å². The predicted octanol–water partition coefficient (Wildman–Crippen LogP) is 1.27. The van der Waals surface area contributed by atoms with E-state index >= 15 is 0 Å². The summed E-state index contributed by atoms with van der Waals surface area (Å²) in [6.07, 6.45) is 5.92. The van der Waals surface area contributed by atoms with Gasteiger partial charge in [-0.3, -0.25) is 24.3 Å². The van der Waals surface area contributed by atoms with Gasteiger partial charge in [0.2, 0.25) is 0 Å². The first-order valence-corrected chi connectivity index (χ1v) is 10.2. The summed E-state index contributed by atoms with van der Waals surface area (Å²) >= 11 is 0. The number of ether oxygens (including phenoxy) is 1. The third kappa shape index (κ3) is 4.11. The molecular formula is C21H25N3O5. The number of esters is 1. The lowest BCUT2D eigenvalue weighted by Gasteiger charge is -2.41. The minimum atomic E-state index is -0.737. The third-order valence-corrected chi connectivity index (χ3v) is 6.17. The number of fused-ring (bicyclic) bond motifs is 2. The fourth-order valence-corrected chi connectivity index (χ4v) is 4.59. The van der Waals surface area contributed by atoms with Crippen molar-refractivity contribution in [2.45, 2.75) is 38.6 Å². The number of H-pyrrole nitrogens is 1. The van der Waals surface area contributed by atoms with Gasteiger partial charge in [0.1, 0.15) is 6.54 Å². The zero-order valence-corrected chi connectivity index (χ0v) is 16.3. The molecule has 0 bridgehead atoms. The minimum absolute atomic E-state index is 0.207. The van der Waals surface area contributed by atoms with Crippen molar-refractivity contribution in [3.05, 3.63) is 45.0 Å². The fraction of sp³-hybridized carbons (Fsp3) is 0.524. The Kier molecular flexibility index (Phi) is 5.51. The zero-order chi connectivity index (χ0) is 20.4. The Hall–Kier alpha value is -2.90. The number of amides is 1. The molecule has 0 unspecified atom stereocenters. The maximum atomic E-state index is 12.4. The molecule has 1 aliphatic heterocycles. The highest BCUT2D eigenvalue weighted by Crippen LogP contribution is 2.35. The van der Waals surface area contributed by atoms with E-state index in [1.54, 1.807) is 23.1 Å². The van der Waals surface area contributed by atoms with Gasteiger partial charge in [-0.15, -0.1) is 0 Å². The molecule has 4 rings (SSSR count). The smallest absolute Gasteiger partial charge is 0.328 e. The van der Waals surface area contributed by atoms with Crippen LogP contribution in [0.15, 0.2) is 33.9 Å². The van der Waals surface area contributed by atoms with Crippen LogP contribution in [0.5, 0.6) is 0 Å². The standard InChI is InChI=1S/C21H25N3O5/c25-18(23-10-9-14-5-1-2-6-15(14)11-23)13-29-19(26)12-24-21(28)17-8-4-3-7-16(17)20(27)22-24/h3-4,7-8,14-15H,1-2,5-6,9-13H2,(H,22,27)/t14-,15+/m1/s1. The number of carbonyl (C=O) groups is 2. The summed E-state index contributed by atoms with van der Waals surface area (Å²) in [5.74, 6) is 0.325. The number of rotatable bonds is 4. The number of nitrogens with zero attached hydrogens (tertiary/aromatic N) is 2. The van der Waals surface area contributed by atoms with Gasteiger partial charge in [-0.1, -0.05) is 31.4 Å². The average molecular weight is 399 g/mol. The third-order valence-electron chi connectivity index (χ3n) is 6.17. The van der Waals surface area contributed by atoms with Crippen LogP contribution in [-0.4, -0.2) is 46.3 Å². The Balaban J connectivity index is 1.35. The quantitative estimate of drug-likeness (QED) is 0.781. The van der Waals surface area contributed by atoms with Gasteiger partial charge in [0.15, 0.2) is 6.61 Å². The van der Waals surface area contributed by atoms with Gasteiger partial charge in [-0.2, -0.15) is 0 Å². The monoisotopic (exact) mass is 399 g/mol. The van der Waals surface area contributed by atoms with E-state index in [0.717, 1.165) is 24.1 Å².